The van der Waals surface area contributed by atoms with E-state index in [-0.39, 0.29) is 0 Å². The molecule has 32 heavy (non-hydrogen) atoms. The molecule has 2 aromatic carbocycles. The molecule has 0 bridgehead atoms. The summed E-state index contributed by atoms with van der Waals surface area (Å²) in [6, 6.07) is 14.4. The van der Waals surface area contributed by atoms with E-state index in [0.29, 0.717) is 19.7 Å². The standard InChI is InChI=1S/C26H37N3O3/c1-19-20(2)29(24-10-8-7-9-23(19)24)18-22(30)17-28(5)16-21-11-12-25(26(15-21)31-6)32-14-13-27(3)4/h7-12,15,22,30H,13-14,16-18H2,1-6H3/t22-/m0/s1. The lowest BCUT2D eigenvalue weighted by Crippen LogP contribution is -2.32. The molecule has 174 valence electrons. The SMILES string of the molecule is COc1cc(CN(C)C[C@H](O)Cn2c(C)c(C)c3ccccc32)ccc1OCCN(C)C. The van der Waals surface area contributed by atoms with Crippen LogP contribution in [0.25, 0.3) is 10.9 Å². The first-order valence-electron chi connectivity index (χ1n) is 11.2. The molecule has 3 rings (SSSR count). The molecule has 0 radical (unpaired) electrons. The van der Waals surface area contributed by atoms with E-state index >= 15 is 0 Å². The fourth-order valence-corrected chi connectivity index (χ4v) is 4.11. The molecule has 1 heterocycles. The van der Waals surface area contributed by atoms with Crippen LogP contribution in [0.3, 0.4) is 0 Å². The Morgan fingerprint density at radius 1 is 1.03 bits per heavy atom. The van der Waals surface area contributed by atoms with Crippen LogP contribution in [0, 0.1) is 13.8 Å². The zero-order valence-corrected chi connectivity index (χ0v) is 20.3. The van der Waals surface area contributed by atoms with Crippen LogP contribution >= 0.6 is 0 Å². The summed E-state index contributed by atoms with van der Waals surface area (Å²) in [5.74, 6) is 1.49. The van der Waals surface area contributed by atoms with Crippen molar-refractivity contribution in [3.63, 3.8) is 0 Å². The highest BCUT2D eigenvalue weighted by molar-refractivity contribution is 5.85. The molecule has 6 heteroatoms. The first-order chi connectivity index (χ1) is 15.3. The second-order valence-corrected chi connectivity index (χ2v) is 8.83. The zero-order chi connectivity index (χ0) is 23.3. The third kappa shape index (κ3) is 5.82. The molecule has 1 atom stereocenters. The largest absolute Gasteiger partial charge is 0.493 e. The summed E-state index contributed by atoms with van der Waals surface area (Å²) in [7, 11) is 7.74. The monoisotopic (exact) mass is 439 g/mol. The van der Waals surface area contributed by atoms with E-state index in [2.05, 4.69) is 58.5 Å². The average Bonchev–Trinajstić information content (AvgIpc) is 2.99. The minimum absolute atomic E-state index is 0.468. The number of fused-ring (bicyclic) bond motifs is 1. The number of rotatable bonds is 11. The van der Waals surface area contributed by atoms with Crippen LogP contribution in [0.15, 0.2) is 42.5 Å². The van der Waals surface area contributed by atoms with Crippen molar-refractivity contribution in [3.05, 3.63) is 59.3 Å². The molecule has 0 aliphatic heterocycles. The van der Waals surface area contributed by atoms with Gasteiger partial charge in [0.2, 0.25) is 0 Å². The van der Waals surface area contributed by atoms with Crippen molar-refractivity contribution in [2.45, 2.75) is 33.0 Å². The summed E-state index contributed by atoms with van der Waals surface area (Å²) in [5.41, 5.74) is 4.79. The van der Waals surface area contributed by atoms with Gasteiger partial charge in [-0.1, -0.05) is 24.3 Å². The predicted molar refractivity (Wildman–Crippen MR) is 131 cm³/mol. The number of ether oxygens (including phenoxy) is 2. The summed E-state index contributed by atoms with van der Waals surface area (Å²) < 4.78 is 13.6. The fourth-order valence-electron chi connectivity index (χ4n) is 4.11. The number of hydrogen-bond donors (Lipinski definition) is 1. The highest BCUT2D eigenvalue weighted by Gasteiger charge is 2.16. The molecule has 0 aliphatic carbocycles. The molecule has 1 aromatic heterocycles. The van der Waals surface area contributed by atoms with Gasteiger partial charge < -0.3 is 24.0 Å². The molecular weight excluding hydrogens is 402 g/mol. The Labute approximate surface area is 192 Å². The van der Waals surface area contributed by atoms with Crippen molar-refractivity contribution in [1.82, 2.24) is 14.4 Å². The van der Waals surface area contributed by atoms with Crippen molar-refractivity contribution >= 4 is 10.9 Å². The Morgan fingerprint density at radius 2 is 1.78 bits per heavy atom. The highest BCUT2D eigenvalue weighted by Crippen LogP contribution is 2.29. The van der Waals surface area contributed by atoms with E-state index in [4.69, 9.17) is 9.47 Å². The van der Waals surface area contributed by atoms with Gasteiger partial charge in [0, 0.05) is 36.2 Å². The number of aliphatic hydroxyl groups is 1. The number of methoxy groups -OCH3 is 1. The number of aromatic nitrogens is 1. The van der Waals surface area contributed by atoms with Crippen molar-refractivity contribution in [1.29, 1.82) is 0 Å². The van der Waals surface area contributed by atoms with E-state index < -0.39 is 6.10 Å². The van der Waals surface area contributed by atoms with Crippen molar-refractivity contribution in [2.24, 2.45) is 0 Å². The van der Waals surface area contributed by atoms with Crippen LogP contribution < -0.4 is 9.47 Å². The van der Waals surface area contributed by atoms with Gasteiger partial charge in [-0.25, -0.2) is 0 Å². The lowest BCUT2D eigenvalue weighted by atomic mass is 10.2. The van der Waals surface area contributed by atoms with E-state index in [1.54, 1.807) is 7.11 Å². The van der Waals surface area contributed by atoms with Crippen LogP contribution in [0.2, 0.25) is 0 Å². The molecule has 3 aromatic rings. The van der Waals surface area contributed by atoms with Gasteiger partial charge in [-0.05, 0) is 64.3 Å². The second kappa shape index (κ2) is 10.9. The van der Waals surface area contributed by atoms with Crippen LogP contribution in [0.1, 0.15) is 16.8 Å². The molecule has 0 saturated carbocycles. The highest BCUT2D eigenvalue weighted by atomic mass is 16.5. The quantitative estimate of drug-likeness (QED) is 0.494. The first-order valence-corrected chi connectivity index (χ1v) is 11.2. The lowest BCUT2D eigenvalue weighted by molar-refractivity contribution is 0.108. The summed E-state index contributed by atoms with van der Waals surface area (Å²) >= 11 is 0. The van der Waals surface area contributed by atoms with E-state index in [1.165, 1.54) is 22.2 Å². The third-order valence-corrected chi connectivity index (χ3v) is 5.94. The van der Waals surface area contributed by atoms with Crippen molar-refractivity contribution < 1.29 is 14.6 Å². The van der Waals surface area contributed by atoms with E-state index in [9.17, 15) is 5.11 Å². The smallest absolute Gasteiger partial charge is 0.161 e. The first kappa shape index (κ1) is 24.1. The Hall–Kier alpha value is -2.54. The minimum atomic E-state index is -0.468. The van der Waals surface area contributed by atoms with E-state index in [0.717, 1.165) is 30.2 Å². The maximum atomic E-state index is 10.8. The number of para-hydroxylation sites is 1. The summed E-state index contributed by atoms with van der Waals surface area (Å²) in [6.45, 7) is 7.61. The Morgan fingerprint density at radius 3 is 2.50 bits per heavy atom. The molecule has 0 amide bonds. The average molecular weight is 440 g/mol. The van der Waals surface area contributed by atoms with Crippen LogP contribution in [-0.4, -0.2) is 73.5 Å². The molecule has 6 nitrogen and oxygen atoms in total. The Balaban J connectivity index is 1.61. The number of aliphatic hydroxyl groups excluding tert-OH is 1. The topological polar surface area (TPSA) is 50.1 Å². The molecule has 1 N–H and O–H groups in total. The Bertz CT molecular complexity index is 1030. The number of aryl methyl sites for hydroxylation is 1. The third-order valence-electron chi connectivity index (χ3n) is 5.94. The molecule has 0 unspecified atom stereocenters. The second-order valence-electron chi connectivity index (χ2n) is 8.83. The summed E-state index contributed by atoms with van der Waals surface area (Å²) in [4.78, 5) is 4.22. The van der Waals surface area contributed by atoms with Crippen molar-refractivity contribution in [3.8, 4) is 11.5 Å². The number of likely N-dealkylation sites (N-methyl/N-ethyl adjacent to an activating group) is 2. The fraction of sp³-hybridized carbons (Fsp3) is 0.462. The van der Waals surface area contributed by atoms with Crippen LogP contribution in [0.5, 0.6) is 11.5 Å². The van der Waals surface area contributed by atoms with Gasteiger partial charge in [-0.2, -0.15) is 0 Å². The molecule has 0 spiro atoms. The van der Waals surface area contributed by atoms with Gasteiger partial charge in [0.15, 0.2) is 11.5 Å². The van der Waals surface area contributed by atoms with Gasteiger partial charge in [0.1, 0.15) is 6.61 Å². The van der Waals surface area contributed by atoms with Gasteiger partial charge in [-0.15, -0.1) is 0 Å². The molecule has 0 fully saturated rings. The van der Waals surface area contributed by atoms with E-state index in [1.807, 2.05) is 33.3 Å². The summed E-state index contributed by atoms with van der Waals surface area (Å²) in [5, 5.41) is 12.1. The summed E-state index contributed by atoms with van der Waals surface area (Å²) in [6.07, 6.45) is -0.468. The van der Waals surface area contributed by atoms with Crippen LogP contribution in [0.4, 0.5) is 0 Å². The van der Waals surface area contributed by atoms with Gasteiger partial charge in [0.25, 0.3) is 0 Å². The molecule has 0 aliphatic rings. The molecule has 0 saturated heterocycles. The zero-order valence-electron chi connectivity index (χ0n) is 20.3. The van der Waals surface area contributed by atoms with Crippen LogP contribution in [-0.2, 0) is 13.1 Å². The van der Waals surface area contributed by atoms with Gasteiger partial charge >= 0.3 is 0 Å². The maximum absolute atomic E-state index is 10.8. The lowest BCUT2D eigenvalue weighted by Gasteiger charge is -2.22. The van der Waals surface area contributed by atoms with Crippen molar-refractivity contribution in [2.75, 3.05) is 47.9 Å². The van der Waals surface area contributed by atoms with Gasteiger partial charge in [0.05, 0.1) is 19.8 Å². The Kier molecular flexibility index (Phi) is 8.18. The predicted octanol–water partition coefficient (Wildman–Crippen LogP) is 3.70. The number of benzene rings is 2. The minimum Gasteiger partial charge on any atom is -0.493 e. The number of hydrogen-bond acceptors (Lipinski definition) is 5. The maximum Gasteiger partial charge on any atom is 0.161 e. The molecular formula is C26H37N3O3. The van der Waals surface area contributed by atoms with Gasteiger partial charge in [-0.3, -0.25) is 4.90 Å². The normalized spacial score (nSPS) is 12.7. The number of nitrogens with zero attached hydrogens (tertiary/aromatic N) is 3.